The molecule has 1 unspecified atom stereocenters. The highest BCUT2D eigenvalue weighted by Gasteiger charge is 2.23. The largest absolute Gasteiger partial charge is 0.355 e. The minimum absolute atomic E-state index is 0.00339. The summed E-state index contributed by atoms with van der Waals surface area (Å²) in [5, 5.41) is 3.03. The Bertz CT molecular complexity index is 530. The summed E-state index contributed by atoms with van der Waals surface area (Å²) >= 11 is 0. The van der Waals surface area contributed by atoms with Crippen LogP contribution in [0.3, 0.4) is 0 Å². The molecule has 1 atom stereocenters. The van der Waals surface area contributed by atoms with E-state index in [1.807, 2.05) is 62.6 Å². The molecule has 4 nitrogen and oxygen atoms in total. The van der Waals surface area contributed by atoms with Gasteiger partial charge in [-0.25, -0.2) is 0 Å². The molecule has 0 fully saturated rings. The third kappa shape index (κ3) is 4.67. The number of nitrogens with one attached hydrogen (secondary N) is 1. The predicted octanol–water partition coefficient (Wildman–Crippen LogP) is 2.28. The maximum Gasteiger partial charge on any atom is 0.233 e. The Kier molecular flexibility index (Phi) is 6.10. The van der Waals surface area contributed by atoms with Gasteiger partial charge in [0.25, 0.3) is 0 Å². The summed E-state index contributed by atoms with van der Waals surface area (Å²) in [5.74, 6) is -0.356. The molecule has 0 radical (unpaired) electrons. The van der Waals surface area contributed by atoms with Crippen LogP contribution < -0.4 is 5.32 Å². The lowest BCUT2D eigenvalue weighted by atomic mass is 9.94. The van der Waals surface area contributed by atoms with E-state index in [1.54, 1.807) is 6.20 Å². The SMILES string of the molecule is CN(C)CCCNC(=O)C(c1ccccc1)c1ccccn1. The zero-order valence-corrected chi connectivity index (χ0v) is 13.2. The number of hydrogen-bond donors (Lipinski definition) is 1. The van der Waals surface area contributed by atoms with Gasteiger partial charge in [-0.3, -0.25) is 9.78 Å². The first-order valence-corrected chi connectivity index (χ1v) is 7.57. The van der Waals surface area contributed by atoms with E-state index in [0.29, 0.717) is 6.54 Å². The molecule has 4 heteroatoms. The second kappa shape index (κ2) is 8.29. The van der Waals surface area contributed by atoms with E-state index < -0.39 is 0 Å². The molecule has 1 heterocycles. The van der Waals surface area contributed by atoms with Gasteiger partial charge in [0, 0.05) is 12.7 Å². The first kappa shape index (κ1) is 16.2. The van der Waals surface area contributed by atoms with Crippen LogP contribution in [-0.4, -0.2) is 43.0 Å². The fourth-order valence-electron chi connectivity index (χ4n) is 2.36. The normalized spacial score (nSPS) is 12.1. The van der Waals surface area contributed by atoms with Gasteiger partial charge < -0.3 is 10.2 Å². The van der Waals surface area contributed by atoms with E-state index in [2.05, 4.69) is 15.2 Å². The Morgan fingerprint density at radius 1 is 1.14 bits per heavy atom. The minimum Gasteiger partial charge on any atom is -0.355 e. The standard InChI is InChI=1S/C18H23N3O/c1-21(2)14-8-13-20-18(22)17(15-9-4-3-5-10-15)16-11-6-7-12-19-16/h3-7,9-12,17H,8,13-14H2,1-2H3,(H,20,22). The molecule has 0 aliphatic carbocycles. The molecule has 0 saturated heterocycles. The lowest BCUT2D eigenvalue weighted by Gasteiger charge is -2.17. The first-order chi connectivity index (χ1) is 10.7. The van der Waals surface area contributed by atoms with Gasteiger partial charge in [-0.15, -0.1) is 0 Å². The summed E-state index contributed by atoms with van der Waals surface area (Å²) in [6.45, 7) is 1.63. The molecular weight excluding hydrogens is 274 g/mol. The maximum absolute atomic E-state index is 12.6. The number of carbonyl (C=O) groups is 1. The van der Waals surface area contributed by atoms with Gasteiger partial charge >= 0.3 is 0 Å². The van der Waals surface area contributed by atoms with Crippen LogP contribution in [-0.2, 0) is 4.79 Å². The number of amides is 1. The molecule has 2 aromatic rings. The molecule has 0 bridgehead atoms. The molecule has 0 aliphatic rings. The number of pyridine rings is 1. The Balaban J connectivity index is 2.10. The van der Waals surface area contributed by atoms with Crippen LogP contribution in [0.4, 0.5) is 0 Å². The Labute approximate surface area is 132 Å². The van der Waals surface area contributed by atoms with E-state index >= 15 is 0 Å². The molecule has 116 valence electrons. The first-order valence-electron chi connectivity index (χ1n) is 7.57. The molecule has 0 aliphatic heterocycles. The van der Waals surface area contributed by atoms with E-state index in [1.165, 1.54) is 0 Å². The van der Waals surface area contributed by atoms with Crippen molar-refractivity contribution in [2.45, 2.75) is 12.3 Å². The fraction of sp³-hybridized carbons (Fsp3) is 0.333. The van der Waals surface area contributed by atoms with Crippen molar-refractivity contribution in [1.29, 1.82) is 0 Å². The van der Waals surface area contributed by atoms with Crippen LogP contribution in [0, 0.1) is 0 Å². The highest BCUT2D eigenvalue weighted by Crippen LogP contribution is 2.22. The molecule has 2 rings (SSSR count). The summed E-state index contributed by atoms with van der Waals surface area (Å²) < 4.78 is 0. The van der Waals surface area contributed by atoms with Gasteiger partial charge in [-0.2, -0.15) is 0 Å². The highest BCUT2D eigenvalue weighted by molar-refractivity contribution is 5.86. The molecule has 1 aromatic heterocycles. The van der Waals surface area contributed by atoms with Crippen LogP contribution in [0.5, 0.6) is 0 Å². The van der Waals surface area contributed by atoms with Crippen LogP contribution in [0.2, 0.25) is 0 Å². The maximum atomic E-state index is 12.6. The van der Waals surface area contributed by atoms with Crippen molar-refractivity contribution in [3.8, 4) is 0 Å². The topological polar surface area (TPSA) is 45.2 Å². The van der Waals surface area contributed by atoms with Gasteiger partial charge in [0.1, 0.15) is 5.92 Å². The molecule has 1 aromatic carbocycles. The molecule has 22 heavy (non-hydrogen) atoms. The molecular formula is C18H23N3O. The Morgan fingerprint density at radius 2 is 1.86 bits per heavy atom. The van der Waals surface area contributed by atoms with Gasteiger partial charge in [-0.1, -0.05) is 36.4 Å². The van der Waals surface area contributed by atoms with Crippen LogP contribution in [0.1, 0.15) is 23.6 Å². The molecule has 0 saturated carbocycles. The number of rotatable bonds is 7. The summed E-state index contributed by atoms with van der Waals surface area (Å²) in [6, 6.07) is 15.5. The lowest BCUT2D eigenvalue weighted by Crippen LogP contribution is -2.32. The second-order valence-electron chi connectivity index (χ2n) is 5.55. The molecule has 0 spiro atoms. The van der Waals surface area contributed by atoms with Crippen molar-refractivity contribution in [3.05, 3.63) is 66.0 Å². The van der Waals surface area contributed by atoms with Crippen LogP contribution in [0.15, 0.2) is 54.7 Å². The summed E-state index contributed by atoms with van der Waals surface area (Å²) in [6.07, 6.45) is 2.66. The number of aromatic nitrogens is 1. The highest BCUT2D eigenvalue weighted by atomic mass is 16.1. The number of carbonyl (C=O) groups excluding carboxylic acids is 1. The summed E-state index contributed by atoms with van der Waals surface area (Å²) in [5.41, 5.74) is 1.74. The van der Waals surface area contributed by atoms with Crippen molar-refractivity contribution < 1.29 is 4.79 Å². The van der Waals surface area contributed by atoms with E-state index in [4.69, 9.17) is 0 Å². The quantitative estimate of drug-likeness (QED) is 0.798. The van der Waals surface area contributed by atoms with Gasteiger partial charge in [0.2, 0.25) is 5.91 Å². The summed E-state index contributed by atoms with van der Waals surface area (Å²) in [4.78, 5) is 19.1. The van der Waals surface area contributed by atoms with Crippen LogP contribution >= 0.6 is 0 Å². The van der Waals surface area contributed by atoms with Crippen molar-refractivity contribution in [2.75, 3.05) is 27.2 Å². The number of hydrogen-bond acceptors (Lipinski definition) is 3. The average Bonchev–Trinajstić information content (AvgIpc) is 2.54. The number of nitrogens with zero attached hydrogens (tertiary/aromatic N) is 2. The van der Waals surface area contributed by atoms with Crippen molar-refractivity contribution in [3.63, 3.8) is 0 Å². The van der Waals surface area contributed by atoms with Crippen molar-refractivity contribution >= 4 is 5.91 Å². The minimum atomic E-state index is -0.359. The second-order valence-corrected chi connectivity index (χ2v) is 5.55. The van der Waals surface area contributed by atoms with E-state index in [9.17, 15) is 4.79 Å². The average molecular weight is 297 g/mol. The smallest absolute Gasteiger partial charge is 0.233 e. The zero-order chi connectivity index (χ0) is 15.8. The van der Waals surface area contributed by atoms with E-state index in [-0.39, 0.29) is 11.8 Å². The van der Waals surface area contributed by atoms with Crippen molar-refractivity contribution in [1.82, 2.24) is 15.2 Å². The summed E-state index contributed by atoms with van der Waals surface area (Å²) in [7, 11) is 4.06. The third-order valence-corrected chi connectivity index (χ3v) is 3.46. The van der Waals surface area contributed by atoms with Crippen LogP contribution in [0.25, 0.3) is 0 Å². The molecule has 1 amide bonds. The number of benzene rings is 1. The molecule has 1 N–H and O–H groups in total. The zero-order valence-electron chi connectivity index (χ0n) is 13.2. The Morgan fingerprint density at radius 3 is 2.50 bits per heavy atom. The monoisotopic (exact) mass is 297 g/mol. The fourth-order valence-corrected chi connectivity index (χ4v) is 2.36. The third-order valence-electron chi connectivity index (χ3n) is 3.46. The van der Waals surface area contributed by atoms with Gasteiger partial charge in [-0.05, 0) is 44.8 Å². The van der Waals surface area contributed by atoms with Crippen molar-refractivity contribution in [2.24, 2.45) is 0 Å². The van der Waals surface area contributed by atoms with Gasteiger partial charge in [0.05, 0.1) is 5.69 Å². The predicted molar refractivity (Wildman–Crippen MR) is 88.7 cm³/mol. The lowest BCUT2D eigenvalue weighted by molar-refractivity contribution is -0.121. The van der Waals surface area contributed by atoms with E-state index in [0.717, 1.165) is 24.2 Å². The Hall–Kier alpha value is -2.20. The van der Waals surface area contributed by atoms with Gasteiger partial charge in [0.15, 0.2) is 0 Å².